The molecule has 2 saturated carbocycles. The van der Waals surface area contributed by atoms with E-state index in [0.29, 0.717) is 11.7 Å². The maximum Gasteiger partial charge on any atom is 0.160 e. The minimum absolute atomic E-state index is 0.269. The SMILES string of the molecule is N/C(=C\C(=O)C1CCCCC1)C1CCCCC1. The molecule has 17 heavy (non-hydrogen) atoms. The van der Waals surface area contributed by atoms with E-state index in [-0.39, 0.29) is 5.92 Å². The Morgan fingerprint density at radius 2 is 1.29 bits per heavy atom. The van der Waals surface area contributed by atoms with Crippen LogP contribution in [0, 0.1) is 11.8 Å². The molecule has 0 aliphatic heterocycles. The van der Waals surface area contributed by atoms with Crippen LogP contribution in [0.25, 0.3) is 0 Å². The molecule has 0 amide bonds. The Labute approximate surface area is 105 Å². The standard InChI is InChI=1S/C15H25NO/c16-14(12-7-3-1-4-8-12)11-15(17)13-9-5-2-6-10-13/h11-13H,1-10,16H2/b14-11-. The molecule has 2 aliphatic carbocycles. The van der Waals surface area contributed by atoms with Gasteiger partial charge in [-0.25, -0.2) is 0 Å². The number of carbonyl (C=O) groups is 1. The Kier molecular flexibility index (Phi) is 4.64. The van der Waals surface area contributed by atoms with Crippen molar-refractivity contribution in [2.75, 3.05) is 0 Å². The van der Waals surface area contributed by atoms with Crippen LogP contribution in [-0.2, 0) is 4.79 Å². The van der Waals surface area contributed by atoms with Crippen molar-refractivity contribution in [3.05, 3.63) is 11.8 Å². The van der Waals surface area contributed by atoms with Crippen LogP contribution in [-0.4, -0.2) is 5.78 Å². The third kappa shape index (κ3) is 3.58. The maximum absolute atomic E-state index is 12.1. The molecule has 0 heterocycles. The molecule has 0 aromatic heterocycles. The summed E-state index contributed by atoms with van der Waals surface area (Å²) in [6, 6.07) is 0. The topological polar surface area (TPSA) is 43.1 Å². The van der Waals surface area contributed by atoms with Gasteiger partial charge in [0.1, 0.15) is 0 Å². The van der Waals surface area contributed by atoms with Gasteiger partial charge in [-0.15, -0.1) is 0 Å². The van der Waals surface area contributed by atoms with Crippen LogP contribution in [0.5, 0.6) is 0 Å². The largest absolute Gasteiger partial charge is 0.402 e. The first-order chi connectivity index (χ1) is 8.27. The van der Waals surface area contributed by atoms with E-state index in [4.69, 9.17) is 5.73 Å². The van der Waals surface area contributed by atoms with Gasteiger partial charge in [0.15, 0.2) is 5.78 Å². The van der Waals surface area contributed by atoms with Crippen molar-refractivity contribution in [1.29, 1.82) is 0 Å². The van der Waals surface area contributed by atoms with Gasteiger partial charge < -0.3 is 5.73 Å². The Balaban J connectivity index is 1.89. The second kappa shape index (κ2) is 6.23. The van der Waals surface area contributed by atoms with Crippen molar-refractivity contribution in [2.24, 2.45) is 17.6 Å². The number of carbonyl (C=O) groups excluding carboxylic acids is 1. The first-order valence-corrected chi connectivity index (χ1v) is 7.28. The van der Waals surface area contributed by atoms with Crippen LogP contribution in [0.2, 0.25) is 0 Å². The molecule has 0 radical (unpaired) electrons. The zero-order chi connectivity index (χ0) is 12.1. The molecular weight excluding hydrogens is 210 g/mol. The summed E-state index contributed by atoms with van der Waals surface area (Å²) < 4.78 is 0. The molecule has 0 bridgehead atoms. The first kappa shape index (κ1) is 12.7. The molecule has 2 N–H and O–H groups in total. The number of hydrogen-bond acceptors (Lipinski definition) is 2. The Hall–Kier alpha value is -0.790. The third-order valence-electron chi connectivity index (χ3n) is 4.39. The lowest BCUT2D eigenvalue weighted by Crippen LogP contribution is -2.20. The monoisotopic (exact) mass is 235 g/mol. The lowest BCUT2D eigenvalue weighted by atomic mass is 9.83. The molecule has 96 valence electrons. The summed E-state index contributed by atoms with van der Waals surface area (Å²) in [4.78, 5) is 12.1. The lowest BCUT2D eigenvalue weighted by Gasteiger charge is -2.23. The molecule has 2 nitrogen and oxygen atoms in total. The van der Waals surface area contributed by atoms with Crippen molar-refractivity contribution < 1.29 is 4.79 Å². The smallest absolute Gasteiger partial charge is 0.160 e. The van der Waals surface area contributed by atoms with Crippen LogP contribution < -0.4 is 5.73 Å². The average Bonchev–Trinajstić information content (AvgIpc) is 2.40. The fourth-order valence-corrected chi connectivity index (χ4v) is 3.22. The van der Waals surface area contributed by atoms with Gasteiger partial charge in [-0.05, 0) is 31.6 Å². The zero-order valence-electron chi connectivity index (χ0n) is 10.8. The van der Waals surface area contributed by atoms with Crippen molar-refractivity contribution in [3.63, 3.8) is 0 Å². The van der Waals surface area contributed by atoms with Crippen molar-refractivity contribution >= 4 is 5.78 Å². The number of nitrogens with two attached hydrogens (primary N) is 1. The highest BCUT2D eigenvalue weighted by molar-refractivity contribution is 5.92. The van der Waals surface area contributed by atoms with Crippen molar-refractivity contribution in [1.82, 2.24) is 0 Å². The van der Waals surface area contributed by atoms with E-state index < -0.39 is 0 Å². The van der Waals surface area contributed by atoms with Gasteiger partial charge in [-0.3, -0.25) is 4.79 Å². The number of allylic oxidation sites excluding steroid dienone is 2. The normalized spacial score (nSPS) is 24.8. The zero-order valence-corrected chi connectivity index (χ0v) is 10.8. The Bertz CT molecular complexity index is 283. The van der Waals surface area contributed by atoms with Crippen LogP contribution >= 0.6 is 0 Å². The summed E-state index contributed by atoms with van der Waals surface area (Å²) >= 11 is 0. The molecule has 0 aromatic rings. The van der Waals surface area contributed by atoms with E-state index in [1.807, 2.05) is 0 Å². The Morgan fingerprint density at radius 1 is 0.824 bits per heavy atom. The van der Waals surface area contributed by atoms with Gasteiger partial charge >= 0.3 is 0 Å². The highest BCUT2D eigenvalue weighted by atomic mass is 16.1. The summed E-state index contributed by atoms with van der Waals surface area (Å²) in [5.41, 5.74) is 6.96. The fraction of sp³-hybridized carbons (Fsp3) is 0.800. The predicted octanol–water partition coefficient (Wildman–Crippen LogP) is 3.56. The fourth-order valence-electron chi connectivity index (χ4n) is 3.22. The Morgan fingerprint density at radius 3 is 1.82 bits per heavy atom. The van der Waals surface area contributed by atoms with Crippen LogP contribution in [0.15, 0.2) is 11.8 Å². The minimum atomic E-state index is 0.269. The molecule has 2 heteroatoms. The van der Waals surface area contributed by atoms with Gasteiger partial charge in [-0.2, -0.15) is 0 Å². The summed E-state index contributed by atoms with van der Waals surface area (Å²) in [6.07, 6.45) is 13.9. The average molecular weight is 235 g/mol. The molecule has 2 rings (SSSR count). The van der Waals surface area contributed by atoms with E-state index in [1.54, 1.807) is 6.08 Å². The van der Waals surface area contributed by atoms with Crippen LogP contribution in [0.4, 0.5) is 0 Å². The molecule has 0 aromatic carbocycles. The molecule has 0 atom stereocenters. The molecule has 2 fully saturated rings. The summed E-state index contributed by atoms with van der Waals surface area (Å²) in [7, 11) is 0. The number of rotatable bonds is 3. The molecular formula is C15H25NO. The van der Waals surface area contributed by atoms with Gasteiger partial charge in [0, 0.05) is 17.7 Å². The number of ketones is 1. The van der Waals surface area contributed by atoms with E-state index in [2.05, 4.69) is 0 Å². The predicted molar refractivity (Wildman–Crippen MR) is 70.4 cm³/mol. The van der Waals surface area contributed by atoms with Gasteiger partial charge in [0.05, 0.1) is 0 Å². The van der Waals surface area contributed by atoms with Gasteiger partial charge in [0.2, 0.25) is 0 Å². The second-order valence-electron chi connectivity index (χ2n) is 5.72. The van der Waals surface area contributed by atoms with Gasteiger partial charge in [-0.1, -0.05) is 38.5 Å². The van der Waals surface area contributed by atoms with Gasteiger partial charge in [0.25, 0.3) is 0 Å². The molecule has 0 unspecified atom stereocenters. The highest BCUT2D eigenvalue weighted by Crippen LogP contribution is 2.29. The first-order valence-electron chi connectivity index (χ1n) is 7.28. The summed E-state index contributed by atoms with van der Waals surface area (Å²) in [5.74, 6) is 1.05. The van der Waals surface area contributed by atoms with E-state index in [1.165, 1.54) is 51.4 Å². The van der Waals surface area contributed by atoms with Crippen molar-refractivity contribution in [3.8, 4) is 0 Å². The summed E-state index contributed by atoms with van der Waals surface area (Å²) in [6.45, 7) is 0. The summed E-state index contributed by atoms with van der Waals surface area (Å²) in [5, 5.41) is 0. The van der Waals surface area contributed by atoms with E-state index in [9.17, 15) is 4.79 Å². The minimum Gasteiger partial charge on any atom is -0.402 e. The maximum atomic E-state index is 12.1. The van der Waals surface area contributed by atoms with Crippen LogP contribution in [0.1, 0.15) is 64.2 Å². The van der Waals surface area contributed by atoms with Crippen LogP contribution in [0.3, 0.4) is 0 Å². The van der Waals surface area contributed by atoms with E-state index >= 15 is 0 Å². The number of hydrogen-bond donors (Lipinski definition) is 1. The highest BCUT2D eigenvalue weighted by Gasteiger charge is 2.21. The third-order valence-corrected chi connectivity index (χ3v) is 4.39. The quantitative estimate of drug-likeness (QED) is 0.760. The lowest BCUT2D eigenvalue weighted by molar-refractivity contribution is -0.119. The van der Waals surface area contributed by atoms with Crippen molar-refractivity contribution in [2.45, 2.75) is 64.2 Å². The molecule has 2 aliphatic rings. The molecule has 0 saturated heterocycles. The second-order valence-corrected chi connectivity index (χ2v) is 5.72. The molecule has 0 spiro atoms. The van der Waals surface area contributed by atoms with E-state index in [0.717, 1.165) is 18.5 Å².